The topological polar surface area (TPSA) is 58.3 Å². The lowest BCUT2D eigenvalue weighted by Gasteiger charge is -2.14. The first kappa shape index (κ1) is 12.0. The van der Waals surface area contributed by atoms with Gasteiger partial charge in [0.1, 0.15) is 5.76 Å². The average Bonchev–Trinajstić information content (AvgIpc) is 2.49. The first-order chi connectivity index (χ1) is 6.89. The number of alkyl halides is 3. The molecule has 0 bridgehead atoms. The molecule has 0 aromatic carbocycles. The van der Waals surface area contributed by atoms with E-state index < -0.39 is 18.8 Å². The summed E-state index contributed by atoms with van der Waals surface area (Å²) >= 11 is 0. The Balaban J connectivity index is 2.28. The van der Waals surface area contributed by atoms with Gasteiger partial charge in [-0.1, -0.05) is 0 Å². The number of halogens is 3. The molecule has 1 heterocycles. The van der Waals surface area contributed by atoms with Gasteiger partial charge in [-0.2, -0.15) is 13.2 Å². The van der Waals surface area contributed by atoms with E-state index in [0.29, 0.717) is 11.7 Å². The van der Waals surface area contributed by atoms with Crippen LogP contribution in [0.15, 0.2) is 10.6 Å². The molecule has 0 saturated carbocycles. The highest BCUT2D eigenvalue weighted by Crippen LogP contribution is 2.19. The number of oxazole rings is 1. The minimum absolute atomic E-state index is 0.0565. The molecule has 15 heavy (non-hydrogen) atoms. The van der Waals surface area contributed by atoms with E-state index in [1.54, 1.807) is 6.92 Å². The van der Waals surface area contributed by atoms with Crippen LogP contribution in [-0.4, -0.2) is 28.9 Å². The number of nitrogens with one attached hydrogen (secondary N) is 1. The zero-order valence-electron chi connectivity index (χ0n) is 8.01. The summed E-state index contributed by atoms with van der Waals surface area (Å²) in [6, 6.07) is 0. The third-order valence-corrected chi connectivity index (χ3v) is 1.66. The molecule has 0 spiro atoms. The molecular formula is C8H11F3N2O2. The Morgan fingerprint density at radius 3 is 2.73 bits per heavy atom. The smallest absolute Gasteiger partial charge is 0.415 e. The number of aryl methyl sites for hydroxylation is 1. The maximum Gasteiger partial charge on any atom is 0.415 e. The quantitative estimate of drug-likeness (QED) is 0.800. The number of nitrogens with zero attached hydrogens (tertiary/aromatic N) is 1. The minimum atomic E-state index is -4.60. The molecule has 1 atom stereocenters. The lowest BCUT2D eigenvalue weighted by molar-refractivity contribution is -0.201. The monoisotopic (exact) mass is 224 g/mol. The number of aliphatic hydroxyl groups excluding tert-OH is 1. The summed E-state index contributed by atoms with van der Waals surface area (Å²) in [5.74, 6) is 0.880. The Kier molecular flexibility index (Phi) is 3.70. The highest BCUT2D eigenvalue weighted by atomic mass is 19.4. The summed E-state index contributed by atoms with van der Waals surface area (Å²) in [4.78, 5) is 3.78. The van der Waals surface area contributed by atoms with Crippen molar-refractivity contribution in [2.24, 2.45) is 0 Å². The molecule has 86 valence electrons. The van der Waals surface area contributed by atoms with Gasteiger partial charge in [-0.3, -0.25) is 0 Å². The molecule has 4 nitrogen and oxygen atoms in total. The van der Waals surface area contributed by atoms with E-state index in [4.69, 9.17) is 9.52 Å². The molecule has 1 rings (SSSR count). The van der Waals surface area contributed by atoms with Crippen LogP contribution in [0.25, 0.3) is 0 Å². The van der Waals surface area contributed by atoms with Gasteiger partial charge in [-0.05, 0) is 6.92 Å². The summed E-state index contributed by atoms with van der Waals surface area (Å²) in [6.45, 7) is 1.16. The van der Waals surface area contributed by atoms with Crippen molar-refractivity contribution in [3.05, 3.63) is 17.8 Å². The fourth-order valence-electron chi connectivity index (χ4n) is 0.915. The van der Waals surface area contributed by atoms with Crippen LogP contribution in [0.3, 0.4) is 0 Å². The normalized spacial score (nSPS) is 14.2. The van der Waals surface area contributed by atoms with Crippen molar-refractivity contribution >= 4 is 0 Å². The SMILES string of the molecule is Cc1cnc(CNCC(O)C(F)(F)F)o1. The highest BCUT2D eigenvalue weighted by Gasteiger charge is 2.37. The Labute approximate surface area is 84.1 Å². The predicted molar refractivity (Wildman–Crippen MR) is 45.0 cm³/mol. The van der Waals surface area contributed by atoms with Crippen LogP contribution in [0.1, 0.15) is 11.7 Å². The minimum Gasteiger partial charge on any atom is -0.445 e. The summed E-state index contributed by atoms with van der Waals surface area (Å²) in [6.07, 6.45) is -5.50. The molecule has 0 amide bonds. The number of hydrogen-bond donors (Lipinski definition) is 2. The van der Waals surface area contributed by atoms with Crippen molar-refractivity contribution in [2.75, 3.05) is 6.54 Å². The molecular weight excluding hydrogens is 213 g/mol. The van der Waals surface area contributed by atoms with Crippen LogP contribution in [0, 0.1) is 6.92 Å². The molecule has 1 aromatic heterocycles. The van der Waals surface area contributed by atoms with Crippen LogP contribution in [-0.2, 0) is 6.54 Å². The molecule has 0 saturated heterocycles. The van der Waals surface area contributed by atoms with E-state index in [-0.39, 0.29) is 6.54 Å². The van der Waals surface area contributed by atoms with Crippen molar-refractivity contribution < 1.29 is 22.7 Å². The van der Waals surface area contributed by atoms with Crippen LogP contribution in [0.5, 0.6) is 0 Å². The summed E-state index contributed by atoms with van der Waals surface area (Å²) in [5.41, 5.74) is 0. The molecule has 1 aromatic rings. The fraction of sp³-hybridized carbons (Fsp3) is 0.625. The van der Waals surface area contributed by atoms with Crippen LogP contribution >= 0.6 is 0 Å². The summed E-state index contributed by atoms with van der Waals surface area (Å²) < 4.78 is 40.6. The Morgan fingerprint density at radius 1 is 1.60 bits per heavy atom. The second-order valence-electron chi connectivity index (χ2n) is 3.05. The van der Waals surface area contributed by atoms with E-state index in [0.717, 1.165) is 0 Å². The van der Waals surface area contributed by atoms with Crippen molar-refractivity contribution in [1.29, 1.82) is 0 Å². The van der Waals surface area contributed by atoms with Gasteiger partial charge in [0.15, 0.2) is 6.10 Å². The van der Waals surface area contributed by atoms with E-state index in [1.807, 2.05) is 0 Å². The highest BCUT2D eigenvalue weighted by molar-refractivity contribution is 4.90. The standard InChI is InChI=1S/C8H11F3N2O2/c1-5-2-13-7(15-5)4-12-3-6(14)8(9,10)11/h2,6,12,14H,3-4H2,1H3. The van der Waals surface area contributed by atoms with Crippen molar-refractivity contribution in [3.8, 4) is 0 Å². The zero-order valence-corrected chi connectivity index (χ0v) is 8.01. The molecule has 0 fully saturated rings. The third kappa shape index (κ3) is 3.88. The molecule has 7 heteroatoms. The van der Waals surface area contributed by atoms with Crippen molar-refractivity contribution in [3.63, 3.8) is 0 Å². The molecule has 0 aliphatic carbocycles. The largest absolute Gasteiger partial charge is 0.445 e. The molecule has 0 aliphatic heterocycles. The van der Waals surface area contributed by atoms with Gasteiger partial charge in [0.25, 0.3) is 0 Å². The third-order valence-electron chi connectivity index (χ3n) is 1.66. The Bertz CT molecular complexity index is 311. The maximum absolute atomic E-state index is 11.8. The predicted octanol–water partition coefficient (Wildman–Crippen LogP) is 0.996. The first-order valence-electron chi connectivity index (χ1n) is 4.26. The fourth-order valence-corrected chi connectivity index (χ4v) is 0.915. The van der Waals surface area contributed by atoms with Gasteiger partial charge >= 0.3 is 6.18 Å². The van der Waals surface area contributed by atoms with E-state index in [9.17, 15) is 13.2 Å². The lowest BCUT2D eigenvalue weighted by atomic mass is 10.3. The average molecular weight is 224 g/mol. The van der Waals surface area contributed by atoms with E-state index >= 15 is 0 Å². The van der Waals surface area contributed by atoms with Gasteiger partial charge in [-0.15, -0.1) is 0 Å². The molecule has 1 unspecified atom stereocenters. The van der Waals surface area contributed by atoms with Gasteiger partial charge in [0.05, 0.1) is 12.7 Å². The first-order valence-corrected chi connectivity index (χ1v) is 4.26. The number of aromatic nitrogens is 1. The Morgan fingerprint density at radius 2 is 2.27 bits per heavy atom. The van der Waals surface area contributed by atoms with Gasteiger partial charge in [-0.25, -0.2) is 4.98 Å². The van der Waals surface area contributed by atoms with Crippen LogP contribution in [0.2, 0.25) is 0 Å². The second-order valence-corrected chi connectivity index (χ2v) is 3.05. The molecule has 2 N–H and O–H groups in total. The molecule has 0 aliphatic rings. The van der Waals surface area contributed by atoms with Crippen molar-refractivity contribution in [1.82, 2.24) is 10.3 Å². The van der Waals surface area contributed by atoms with Gasteiger partial charge in [0.2, 0.25) is 5.89 Å². The van der Waals surface area contributed by atoms with Gasteiger partial charge in [0, 0.05) is 6.54 Å². The second kappa shape index (κ2) is 4.63. The van der Waals surface area contributed by atoms with Crippen LogP contribution in [0.4, 0.5) is 13.2 Å². The summed E-state index contributed by atoms with van der Waals surface area (Å²) in [5, 5.41) is 11.0. The van der Waals surface area contributed by atoms with Gasteiger partial charge < -0.3 is 14.8 Å². The number of rotatable bonds is 4. The van der Waals surface area contributed by atoms with Crippen LogP contribution < -0.4 is 5.32 Å². The Hall–Kier alpha value is -1.08. The van der Waals surface area contributed by atoms with E-state index in [2.05, 4.69) is 10.3 Å². The maximum atomic E-state index is 11.8. The zero-order chi connectivity index (χ0) is 11.5. The van der Waals surface area contributed by atoms with Crippen molar-refractivity contribution in [2.45, 2.75) is 25.7 Å². The molecule has 0 radical (unpaired) electrons. The number of hydrogen-bond acceptors (Lipinski definition) is 4. The summed E-state index contributed by atoms with van der Waals surface area (Å²) in [7, 11) is 0. The number of aliphatic hydroxyl groups is 1. The lowest BCUT2D eigenvalue weighted by Crippen LogP contribution is -2.38. The van der Waals surface area contributed by atoms with E-state index in [1.165, 1.54) is 6.20 Å².